The first-order valence-corrected chi connectivity index (χ1v) is 14.9. The molecule has 0 radical (unpaired) electrons. The highest BCUT2D eigenvalue weighted by Crippen LogP contribution is 2.50. The van der Waals surface area contributed by atoms with Crippen LogP contribution in [-0.4, -0.2) is 47.8 Å². The Morgan fingerprint density at radius 2 is 1.76 bits per heavy atom. The van der Waals surface area contributed by atoms with Gasteiger partial charge >= 0.3 is 0 Å². The van der Waals surface area contributed by atoms with Crippen molar-refractivity contribution in [2.24, 2.45) is 0 Å². The summed E-state index contributed by atoms with van der Waals surface area (Å²) in [7, 11) is 3.41. The van der Waals surface area contributed by atoms with Gasteiger partial charge in [-0.05, 0) is 85.4 Å². The number of para-hydroxylation sites is 1. The summed E-state index contributed by atoms with van der Waals surface area (Å²) < 4.78 is 11.3. The average Bonchev–Trinajstić information content (AvgIpc) is 3.38. The van der Waals surface area contributed by atoms with E-state index in [-0.39, 0.29) is 5.41 Å². The Kier molecular flexibility index (Phi) is 8.08. The molecule has 0 spiro atoms. The van der Waals surface area contributed by atoms with Crippen LogP contribution in [0.25, 0.3) is 10.9 Å². The van der Waals surface area contributed by atoms with Crippen LogP contribution >= 0.6 is 12.2 Å². The van der Waals surface area contributed by atoms with Gasteiger partial charge in [0.15, 0.2) is 16.6 Å². The minimum absolute atomic E-state index is 0.0428. The lowest BCUT2D eigenvalue weighted by Gasteiger charge is -2.46. The van der Waals surface area contributed by atoms with E-state index in [9.17, 15) is 0 Å². The first-order chi connectivity index (χ1) is 20.1. The van der Waals surface area contributed by atoms with Gasteiger partial charge in [0.05, 0.1) is 19.7 Å². The van der Waals surface area contributed by atoms with E-state index in [2.05, 4.69) is 82.3 Å². The van der Waals surface area contributed by atoms with Gasteiger partial charge in [-0.1, -0.05) is 54.6 Å². The maximum Gasteiger partial charge on any atom is 0.166 e. The molecule has 0 amide bonds. The van der Waals surface area contributed by atoms with E-state index in [1.54, 1.807) is 14.2 Å². The standard InChI is InChI=1S/C34H38N4O2S/c1-39-30-13-12-27(19-31(30)40-2)34-15-14-28(37-33(41)36-21-24-8-4-3-5-9-24)20-32(34)38(17-16-34)23-25-18-26-10-6-7-11-29(26)35-22-25/h3-13,18-19,22,28,32H,14-17,20-21,23H2,1-2H3,(H2,36,37,41)/t28-,32+,34+/m1/s1. The normalized spacial score (nSPS) is 22.2. The minimum atomic E-state index is 0.0428. The molecule has 212 valence electrons. The van der Waals surface area contributed by atoms with Gasteiger partial charge in [-0.15, -0.1) is 0 Å². The largest absolute Gasteiger partial charge is 0.493 e. The number of nitrogens with zero attached hydrogens (tertiary/aromatic N) is 2. The number of benzene rings is 3. The molecule has 3 atom stereocenters. The SMILES string of the molecule is COc1ccc([C@@]23CC[C@@H](NC(=S)NCc4ccccc4)C[C@@H]2N(Cc2cnc4ccccc4c2)CC3)cc1OC. The number of likely N-dealkylation sites (tertiary alicyclic amines) is 1. The van der Waals surface area contributed by atoms with Crippen LogP contribution in [-0.2, 0) is 18.5 Å². The highest BCUT2D eigenvalue weighted by Gasteiger charge is 2.51. The molecule has 3 aromatic carbocycles. The van der Waals surface area contributed by atoms with Crippen LogP contribution in [0.5, 0.6) is 11.5 Å². The number of nitrogens with one attached hydrogen (secondary N) is 2. The topological polar surface area (TPSA) is 58.7 Å². The van der Waals surface area contributed by atoms with Crippen molar-refractivity contribution in [3.8, 4) is 11.5 Å². The molecule has 2 aliphatic rings. The quantitative estimate of drug-likeness (QED) is 0.255. The van der Waals surface area contributed by atoms with E-state index >= 15 is 0 Å². The maximum atomic E-state index is 5.74. The minimum Gasteiger partial charge on any atom is -0.493 e. The van der Waals surface area contributed by atoms with Crippen LogP contribution in [0.3, 0.4) is 0 Å². The molecular formula is C34H38N4O2S. The molecule has 1 aliphatic heterocycles. The van der Waals surface area contributed by atoms with Crippen molar-refractivity contribution >= 4 is 28.2 Å². The summed E-state index contributed by atoms with van der Waals surface area (Å²) in [4.78, 5) is 7.41. The van der Waals surface area contributed by atoms with Crippen molar-refractivity contribution in [1.82, 2.24) is 20.5 Å². The van der Waals surface area contributed by atoms with Crippen LogP contribution in [0, 0.1) is 0 Å². The van der Waals surface area contributed by atoms with Gasteiger partial charge in [0.25, 0.3) is 0 Å². The number of rotatable bonds is 8. The summed E-state index contributed by atoms with van der Waals surface area (Å²) in [5, 5.41) is 8.98. The number of methoxy groups -OCH3 is 2. The Balaban J connectivity index is 1.24. The highest BCUT2D eigenvalue weighted by molar-refractivity contribution is 7.80. The summed E-state index contributed by atoms with van der Waals surface area (Å²) in [6.07, 6.45) is 6.31. The zero-order chi connectivity index (χ0) is 28.2. The lowest BCUT2D eigenvalue weighted by Crippen LogP contribution is -2.53. The van der Waals surface area contributed by atoms with Crippen LogP contribution in [0.4, 0.5) is 0 Å². The molecule has 6 rings (SSSR count). The Bertz CT molecular complexity index is 1510. The van der Waals surface area contributed by atoms with Gasteiger partial charge in [0.2, 0.25) is 0 Å². The molecular weight excluding hydrogens is 528 g/mol. The molecule has 0 unspecified atom stereocenters. The number of hydrogen-bond acceptors (Lipinski definition) is 5. The lowest BCUT2D eigenvalue weighted by atomic mass is 9.65. The second-order valence-corrected chi connectivity index (χ2v) is 11.7. The van der Waals surface area contributed by atoms with Gasteiger partial charge in [0, 0.05) is 42.2 Å². The van der Waals surface area contributed by atoms with E-state index in [0.29, 0.717) is 12.1 Å². The van der Waals surface area contributed by atoms with Gasteiger partial charge < -0.3 is 20.1 Å². The summed E-state index contributed by atoms with van der Waals surface area (Å²) in [6, 6.07) is 28.2. The first-order valence-electron chi connectivity index (χ1n) is 14.5. The second kappa shape index (κ2) is 12.0. The van der Waals surface area contributed by atoms with Gasteiger partial charge in [0.1, 0.15) is 0 Å². The van der Waals surface area contributed by atoms with Crippen molar-refractivity contribution < 1.29 is 9.47 Å². The molecule has 1 aliphatic carbocycles. The molecule has 1 saturated carbocycles. The summed E-state index contributed by atoms with van der Waals surface area (Å²) in [5.41, 5.74) is 4.89. The zero-order valence-electron chi connectivity index (χ0n) is 23.8. The van der Waals surface area contributed by atoms with Crippen LogP contribution in [0.2, 0.25) is 0 Å². The van der Waals surface area contributed by atoms with E-state index in [1.165, 1.54) is 22.1 Å². The molecule has 7 heteroatoms. The number of hydrogen-bond donors (Lipinski definition) is 2. The first kappa shape index (κ1) is 27.5. The van der Waals surface area contributed by atoms with E-state index in [0.717, 1.165) is 67.4 Å². The molecule has 2 heterocycles. The van der Waals surface area contributed by atoms with Gasteiger partial charge in [-0.25, -0.2) is 0 Å². The van der Waals surface area contributed by atoms with Crippen molar-refractivity contribution in [3.05, 3.63) is 102 Å². The zero-order valence-corrected chi connectivity index (χ0v) is 24.6. The van der Waals surface area contributed by atoms with E-state index in [4.69, 9.17) is 26.7 Å². The Hall–Kier alpha value is -3.68. The van der Waals surface area contributed by atoms with Crippen molar-refractivity contribution in [1.29, 1.82) is 0 Å². The van der Waals surface area contributed by atoms with Crippen molar-refractivity contribution in [3.63, 3.8) is 0 Å². The van der Waals surface area contributed by atoms with Crippen molar-refractivity contribution in [2.75, 3.05) is 20.8 Å². The molecule has 4 aromatic rings. The lowest BCUT2D eigenvalue weighted by molar-refractivity contribution is 0.134. The van der Waals surface area contributed by atoms with Gasteiger partial charge in [-0.3, -0.25) is 9.88 Å². The Morgan fingerprint density at radius 3 is 2.59 bits per heavy atom. The molecule has 0 bridgehead atoms. The highest BCUT2D eigenvalue weighted by atomic mass is 32.1. The molecule has 1 saturated heterocycles. The molecule has 2 fully saturated rings. The number of thiocarbonyl (C=S) groups is 1. The fraction of sp³-hybridized carbons (Fsp3) is 0.353. The molecule has 1 aromatic heterocycles. The van der Waals surface area contributed by atoms with Crippen LogP contribution in [0.15, 0.2) is 85.1 Å². The molecule has 2 N–H and O–H groups in total. The fourth-order valence-corrected chi connectivity index (χ4v) is 7.14. The fourth-order valence-electron chi connectivity index (χ4n) is 6.90. The smallest absolute Gasteiger partial charge is 0.166 e. The average molecular weight is 567 g/mol. The third kappa shape index (κ3) is 5.74. The Labute approximate surface area is 248 Å². The number of fused-ring (bicyclic) bond motifs is 2. The van der Waals surface area contributed by atoms with E-state index in [1.807, 2.05) is 18.3 Å². The molecule has 6 nitrogen and oxygen atoms in total. The van der Waals surface area contributed by atoms with Crippen LogP contribution < -0.4 is 20.1 Å². The third-order valence-corrected chi connectivity index (χ3v) is 9.25. The van der Waals surface area contributed by atoms with E-state index < -0.39 is 0 Å². The summed E-state index contributed by atoms with van der Waals surface area (Å²) in [5.74, 6) is 1.56. The second-order valence-electron chi connectivity index (χ2n) is 11.3. The van der Waals surface area contributed by atoms with Crippen LogP contribution in [0.1, 0.15) is 42.4 Å². The predicted octanol–water partition coefficient (Wildman–Crippen LogP) is 5.98. The third-order valence-electron chi connectivity index (χ3n) is 8.99. The Morgan fingerprint density at radius 1 is 0.951 bits per heavy atom. The number of pyridine rings is 1. The van der Waals surface area contributed by atoms with Crippen molar-refractivity contribution in [2.45, 2.75) is 56.3 Å². The number of ether oxygens (including phenoxy) is 2. The molecule has 41 heavy (non-hydrogen) atoms. The summed E-state index contributed by atoms with van der Waals surface area (Å²) in [6.45, 7) is 2.63. The predicted molar refractivity (Wildman–Crippen MR) is 168 cm³/mol. The monoisotopic (exact) mass is 566 g/mol. The summed E-state index contributed by atoms with van der Waals surface area (Å²) >= 11 is 5.74. The maximum absolute atomic E-state index is 5.74. The van der Waals surface area contributed by atoms with Gasteiger partial charge in [-0.2, -0.15) is 0 Å². The number of aromatic nitrogens is 1.